The van der Waals surface area contributed by atoms with Gasteiger partial charge in [0.15, 0.2) is 0 Å². The van der Waals surface area contributed by atoms with Crippen LogP contribution >= 0.6 is 22.6 Å². The quantitative estimate of drug-likeness (QED) is 0.527. The van der Waals surface area contributed by atoms with Gasteiger partial charge in [0.05, 0.1) is 6.61 Å². The monoisotopic (exact) mass is 404 g/mol. The minimum atomic E-state index is -1.28. The Bertz CT molecular complexity index is 515. The Morgan fingerprint density at radius 3 is 2.43 bits per heavy atom. The van der Waals surface area contributed by atoms with Crippen LogP contribution in [-0.4, -0.2) is 30.5 Å². The molecule has 1 atom stereocenters. The summed E-state index contributed by atoms with van der Waals surface area (Å²) < 4.78 is 5.80. The van der Waals surface area contributed by atoms with Crippen LogP contribution in [0.3, 0.4) is 0 Å². The van der Waals surface area contributed by atoms with Crippen LogP contribution in [0.5, 0.6) is 0 Å². The molecule has 0 bridgehead atoms. The van der Waals surface area contributed by atoms with Gasteiger partial charge in [-0.1, -0.05) is 0 Å². The number of hydrogen-bond donors (Lipinski definition) is 1. The Morgan fingerprint density at radius 1 is 1.29 bits per heavy atom. The fourth-order valence-electron chi connectivity index (χ4n) is 1.60. The normalized spacial score (nSPS) is 11.5. The molecule has 1 amide bonds. The van der Waals surface area contributed by atoms with E-state index in [2.05, 4.69) is 27.9 Å². The number of carbonyl (C=O) groups is 3. The highest BCUT2D eigenvalue weighted by Gasteiger charge is 2.22. The van der Waals surface area contributed by atoms with Crippen LogP contribution in [0, 0.1) is 3.57 Å². The Balaban J connectivity index is 2.74. The molecule has 0 aliphatic carbocycles. The summed E-state index contributed by atoms with van der Waals surface area (Å²) in [5.41, 5.74) is 0.387. The molecule has 0 spiro atoms. The second kappa shape index (κ2) is 8.60. The SMILES string of the molecule is CCOC(=O)[C@H](CCC(=O)[O-])NC(=O)c1ccc(I)cc1. The van der Waals surface area contributed by atoms with Gasteiger partial charge in [0.25, 0.3) is 5.91 Å². The summed E-state index contributed by atoms with van der Waals surface area (Å²) in [6.07, 6.45) is -0.409. The fourth-order valence-corrected chi connectivity index (χ4v) is 1.96. The van der Waals surface area contributed by atoms with Crippen molar-refractivity contribution in [3.05, 3.63) is 33.4 Å². The number of rotatable bonds is 7. The van der Waals surface area contributed by atoms with E-state index in [-0.39, 0.29) is 19.4 Å². The third kappa shape index (κ3) is 6.11. The Morgan fingerprint density at radius 2 is 1.90 bits per heavy atom. The van der Waals surface area contributed by atoms with E-state index in [9.17, 15) is 19.5 Å². The van der Waals surface area contributed by atoms with Crippen LogP contribution in [-0.2, 0) is 14.3 Å². The van der Waals surface area contributed by atoms with Crippen LogP contribution in [0.1, 0.15) is 30.1 Å². The van der Waals surface area contributed by atoms with Gasteiger partial charge in [0, 0.05) is 15.1 Å². The molecule has 0 aromatic heterocycles. The van der Waals surface area contributed by atoms with Crippen molar-refractivity contribution in [2.24, 2.45) is 0 Å². The predicted octanol–water partition coefficient (Wildman–Crippen LogP) is 0.483. The zero-order chi connectivity index (χ0) is 15.8. The van der Waals surface area contributed by atoms with E-state index in [0.29, 0.717) is 5.56 Å². The van der Waals surface area contributed by atoms with Gasteiger partial charge in [-0.2, -0.15) is 0 Å². The van der Waals surface area contributed by atoms with Crippen molar-refractivity contribution in [3.8, 4) is 0 Å². The first-order chi connectivity index (χ1) is 9.93. The molecule has 1 aromatic rings. The lowest BCUT2D eigenvalue weighted by Crippen LogP contribution is -2.42. The average molecular weight is 404 g/mol. The number of amides is 1. The minimum absolute atomic E-state index is 0.0721. The van der Waals surface area contributed by atoms with Gasteiger partial charge in [-0.15, -0.1) is 0 Å². The van der Waals surface area contributed by atoms with Gasteiger partial charge in [0.1, 0.15) is 6.04 Å². The number of carbonyl (C=O) groups excluding carboxylic acids is 3. The van der Waals surface area contributed by atoms with E-state index in [1.165, 1.54) is 0 Å². The topological polar surface area (TPSA) is 95.5 Å². The van der Waals surface area contributed by atoms with E-state index in [4.69, 9.17) is 4.74 Å². The fraction of sp³-hybridized carbons (Fsp3) is 0.357. The summed E-state index contributed by atoms with van der Waals surface area (Å²) >= 11 is 2.11. The van der Waals surface area contributed by atoms with E-state index < -0.39 is 23.9 Å². The van der Waals surface area contributed by atoms with Crippen molar-refractivity contribution < 1.29 is 24.2 Å². The zero-order valence-corrected chi connectivity index (χ0v) is 13.6. The molecule has 1 aromatic carbocycles. The van der Waals surface area contributed by atoms with Crippen molar-refractivity contribution >= 4 is 40.4 Å². The molecule has 0 saturated heterocycles. The predicted molar refractivity (Wildman–Crippen MR) is 81.3 cm³/mol. The van der Waals surface area contributed by atoms with Crippen molar-refractivity contribution in [3.63, 3.8) is 0 Å². The van der Waals surface area contributed by atoms with Crippen molar-refractivity contribution in [1.82, 2.24) is 5.32 Å². The lowest BCUT2D eigenvalue weighted by Gasteiger charge is -2.17. The highest BCUT2D eigenvalue weighted by molar-refractivity contribution is 14.1. The first kappa shape index (κ1) is 17.4. The zero-order valence-electron chi connectivity index (χ0n) is 11.4. The van der Waals surface area contributed by atoms with Crippen LogP contribution in [0.2, 0.25) is 0 Å². The minimum Gasteiger partial charge on any atom is -0.550 e. The van der Waals surface area contributed by atoms with Crippen molar-refractivity contribution in [1.29, 1.82) is 0 Å². The molecule has 21 heavy (non-hydrogen) atoms. The van der Waals surface area contributed by atoms with E-state index in [1.807, 2.05) is 0 Å². The van der Waals surface area contributed by atoms with Gasteiger partial charge < -0.3 is 20.0 Å². The van der Waals surface area contributed by atoms with E-state index in [0.717, 1.165) is 3.57 Å². The van der Waals surface area contributed by atoms with E-state index in [1.54, 1.807) is 31.2 Å². The van der Waals surface area contributed by atoms with Crippen LogP contribution in [0.15, 0.2) is 24.3 Å². The highest BCUT2D eigenvalue weighted by atomic mass is 127. The molecule has 0 unspecified atom stereocenters. The summed E-state index contributed by atoms with van der Waals surface area (Å²) in [5.74, 6) is -2.40. The molecule has 114 valence electrons. The third-order valence-electron chi connectivity index (χ3n) is 2.62. The Labute approximate surface area is 136 Å². The molecule has 0 aliphatic rings. The summed E-state index contributed by atoms with van der Waals surface area (Å²) in [6, 6.07) is 5.76. The number of carboxylic acids is 1. The summed E-state index contributed by atoms with van der Waals surface area (Å²) in [5, 5.41) is 13.0. The lowest BCUT2D eigenvalue weighted by molar-refractivity contribution is -0.305. The van der Waals surface area contributed by atoms with Gasteiger partial charge >= 0.3 is 5.97 Å². The van der Waals surface area contributed by atoms with Crippen LogP contribution in [0.4, 0.5) is 0 Å². The molecule has 0 aliphatic heterocycles. The number of hydrogen-bond acceptors (Lipinski definition) is 5. The van der Waals surface area contributed by atoms with Crippen LogP contribution < -0.4 is 10.4 Å². The maximum absolute atomic E-state index is 12.0. The number of ether oxygens (including phenoxy) is 1. The molecule has 0 fully saturated rings. The van der Waals surface area contributed by atoms with Crippen molar-refractivity contribution in [2.45, 2.75) is 25.8 Å². The number of aliphatic carboxylic acids is 1. The molecule has 1 N–H and O–H groups in total. The van der Waals surface area contributed by atoms with Gasteiger partial charge in [-0.05, 0) is 66.6 Å². The molecule has 6 nitrogen and oxygen atoms in total. The summed E-state index contributed by atoms with van der Waals surface area (Å²) in [6.45, 7) is 1.79. The number of halogens is 1. The Hall–Kier alpha value is -1.64. The summed E-state index contributed by atoms with van der Waals surface area (Å²) in [4.78, 5) is 34.3. The average Bonchev–Trinajstić information content (AvgIpc) is 2.43. The number of carboxylic acid groups (broad SMARTS) is 1. The molecule has 0 heterocycles. The Kier molecular flexibility index (Phi) is 7.13. The summed E-state index contributed by atoms with van der Waals surface area (Å²) in [7, 11) is 0. The smallest absolute Gasteiger partial charge is 0.328 e. The molecule has 1 rings (SSSR count). The van der Waals surface area contributed by atoms with Crippen molar-refractivity contribution in [2.75, 3.05) is 6.61 Å². The molecule has 0 radical (unpaired) electrons. The van der Waals surface area contributed by atoms with E-state index >= 15 is 0 Å². The van der Waals surface area contributed by atoms with Gasteiger partial charge in [-0.3, -0.25) is 4.79 Å². The second-order valence-corrected chi connectivity index (χ2v) is 5.44. The van der Waals surface area contributed by atoms with Crippen LogP contribution in [0.25, 0.3) is 0 Å². The first-order valence-electron chi connectivity index (χ1n) is 6.37. The number of benzene rings is 1. The maximum atomic E-state index is 12.0. The largest absolute Gasteiger partial charge is 0.550 e. The standard InChI is InChI=1S/C14H16INO5/c1-2-21-14(20)11(7-8-12(17)18)16-13(19)9-3-5-10(15)6-4-9/h3-6,11H,2,7-8H2,1H3,(H,16,19)(H,17,18)/p-1/t11-/m0/s1. The lowest BCUT2D eigenvalue weighted by atomic mass is 10.1. The highest BCUT2D eigenvalue weighted by Crippen LogP contribution is 2.08. The molecule has 7 heteroatoms. The molecular weight excluding hydrogens is 389 g/mol. The van der Waals surface area contributed by atoms with Gasteiger partial charge in [0.2, 0.25) is 0 Å². The third-order valence-corrected chi connectivity index (χ3v) is 3.34. The number of esters is 1. The second-order valence-electron chi connectivity index (χ2n) is 4.20. The molecular formula is C14H15INO5-. The molecule has 0 saturated carbocycles. The first-order valence-corrected chi connectivity index (χ1v) is 7.44. The number of nitrogens with one attached hydrogen (secondary N) is 1. The maximum Gasteiger partial charge on any atom is 0.328 e. The van der Waals surface area contributed by atoms with Gasteiger partial charge in [-0.25, -0.2) is 4.79 Å².